The first kappa shape index (κ1) is 16.9. The van der Waals surface area contributed by atoms with Crippen LogP contribution in [0.3, 0.4) is 0 Å². The number of benzene rings is 1. The summed E-state index contributed by atoms with van der Waals surface area (Å²) in [6.45, 7) is 3.88. The van der Waals surface area contributed by atoms with Crippen LogP contribution in [0.2, 0.25) is 0 Å². The third-order valence-electron chi connectivity index (χ3n) is 3.71. The zero-order valence-electron chi connectivity index (χ0n) is 12.5. The molecule has 0 spiro atoms. The van der Waals surface area contributed by atoms with Crippen molar-refractivity contribution in [2.75, 3.05) is 26.3 Å². The summed E-state index contributed by atoms with van der Waals surface area (Å²) in [5, 5.41) is 8.83. The molecule has 1 unspecified atom stereocenters. The summed E-state index contributed by atoms with van der Waals surface area (Å²) in [6, 6.07) is 5.64. The molecule has 1 aromatic rings. The van der Waals surface area contributed by atoms with Crippen molar-refractivity contribution in [3.05, 3.63) is 35.1 Å². The quantitative estimate of drug-likeness (QED) is 0.800. The lowest BCUT2D eigenvalue weighted by Gasteiger charge is -2.17. The summed E-state index contributed by atoms with van der Waals surface area (Å²) in [5.74, 6) is -0.840. The molecule has 1 atom stereocenters. The summed E-state index contributed by atoms with van der Waals surface area (Å²) in [5.41, 5.74) is 0.287. The minimum atomic E-state index is -3.59. The monoisotopic (exact) mass is 326 g/mol. The van der Waals surface area contributed by atoms with E-state index in [1.54, 1.807) is 0 Å². The molecule has 1 aliphatic heterocycles. The van der Waals surface area contributed by atoms with Crippen LogP contribution < -0.4 is 0 Å². The van der Waals surface area contributed by atoms with Crippen LogP contribution in [0.5, 0.6) is 0 Å². The lowest BCUT2D eigenvalue weighted by Crippen LogP contribution is -2.30. The molecular weight excluding hydrogens is 307 g/mol. The lowest BCUT2D eigenvalue weighted by molar-refractivity contribution is 0.115. The molecule has 7 heteroatoms. The first-order chi connectivity index (χ1) is 10.5. The van der Waals surface area contributed by atoms with Gasteiger partial charge in [-0.15, -0.1) is 0 Å². The van der Waals surface area contributed by atoms with E-state index in [0.717, 1.165) is 12.5 Å². The number of nitrogens with zero attached hydrogens (tertiary/aromatic N) is 2. The van der Waals surface area contributed by atoms with Crippen molar-refractivity contribution in [1.29, 1.82) is 5.26 Å². The summed E-state index contributed by atoms with van der Waals surface area (Å²) in [7, 11) is -3.59. The molecule has 0 aliphatic carbocycles. The highest BCUT2D eigenvalue weighted by atomic mass is 32.2. The van der Waals surface area contributed by atoms with Gasteiger partial charge in [-0.05, 0) is 37.5 Å². The number of halogens is 1. The molecule has 22 heavy (non-hydrogen) atoms. The SMILES string of the molecule is CCOCC1CCN(S(=O)(=O)Cc2cc(C#N)ccc2F)C1. The fraction of sp³-hybridized carbons (Fsp3) is 0.533. The van der Waals surface area contributed by atoms with Gasteiger partial charge in [-0.25, -0.2) is 17.1 Å². The highest BCUT2D eigenvalue weighted by Gasteiger charge is 2.32. The fourth-order valence-electron chi connectivity index (χ4n) is 2.51. The Bertz CT molecular complexity index is 670. The number of hydrogen-bond acceptors (Lipinski definition) is 4. The number of nitriles is 1. The maximum atomic E-state index is 13.8. The predicted molar refractivity (Wildman–Crippen MR) is 79.9 cm³/mol. The molecule has 0 radical (unpaired) electrons. The van der Waals surface area contributed by atoms with Crippen molar-refractivity contribution in [1.82, 2.24) is 4.31 Å². The summed E-state index contributed by atoms with van der Waals surface area (Å²) in [6.07, 6.45) is 0.750. The largest absolute Gasteiger partial charge is 0.381 e. The molecule has 120 valence electrons. The van der Waals surface area contributed by atoms with E-state index in [0.29, 0.717) is 26.3 Å². The normalized spacial score (nSPS) is 19.2. The molecule has 1 fully saturated rings. The predicted octanol–water partition coefficient (Wildman–Crippen LogP) is 1.89. The Morgan fingerprint density at radius 1 is 1.50 bits per heavy atom. The molecule has 1 heterocycles. The smallest absolute Gasteiger partial charge is 0.218 e. The Hall–Kier alpha value is -1.49. The van der Waals surface area contributed by atoms with Gasteiger partial charge in [0.05, 0.1) is 24.0 Å². The second-order valence-electron chi connectivity index (χ2n) is 5.35. The Morgan fingerprint density at radius 3 is 2.95 bits per heavy atom. The highest BCUT2D eigenvalue weighted by molar-refractivity contribution is 7.88. The van der Waals surface area contributed by atoms with Crippen molar-refractivity contribution in [3.8, 4) is 6.07 Å². The summed E-state index contributed by atoms with van der Waals surface area (Å²) < 4.78 is 45.3. The topological polar surface area (TPSA) is 70.4 Å². The fourth-order valence-corrected chi connectivity index (χ4v) is 4.13. The van der Waals surface area contributed by atoms with E-state index < -0.39 is 21.6 Å². The summed E-state index contributed by atoms with van der Waals surface area (Å²) in [4.78, 5) is 0. The Morgan fingerprint density at radius 2 is 2.27 bits per heavy atom. The van der Waals surface area contributed by atoms with E-state index in [2.05, 4.69) is 0 Å². The minimum Gasteiger partial charge on any atom is -0.381 e. The third kappa shape index (κ3) is 4.03. The van der Waals surface area contributed by atoms with Gasteiger partial charge in [0.2, 0.25) is 10.0 Å². The van der Waals surface area contributed by atoms with Gasteiger partial charge >= 0.3 is 0 Å². The maximum absolute atomic E-state index is 13.8. The van der Waals surface area contributed by atoms with Crippen molar-refractivity contribution in [2.24, 2.45) is 5.92 Å². The van der Waals surface area contributed by atoms with E-state index >= 15 is 0 Å². The van der Waals surface area contributed by atoms with Crippen LogP contribution in [0.1, 0.15) is 24.5 Å². The van der Waals surface area contributed by atoms with Gasteiger partial charge < -0.3 is 4.74 Å². The third-order valence-corrected chi connectivity index (χ3v) is 5.51. The van der Waals surface area contributed by atoms with Gasteiger partial charge in [0.25, 0.3) is 0 Å². The average molecular weight is 326 g/mol. The van der Waals surface area contributed by atoms with Crippen molar-refractivity contribution in [3.63, 3.8) is 0 Å². The maximum Gasteiger partial charge on any atom is 0.218 e. The van der Waals surface area contributed by atoms with Crippen LogP contribution in [0.15, 0.2) is 18.2 Å². The zero-order valence-corrected chi connectivity index (χ0v) is 13.3. The molecule has 0 N–H and O–H groups in total. The second-order valence-corrected chi connectivity index (χ2v) is 7.32. The van der Waals surface area contributed by atoms with Gasteiger partial charge in [0.1, 0.15) is 5.82 Å². The van der Waals surface area contributed by atoms with Crippen molar-refractivity contribution < 1.29 is 17.5 Å². The van der Waals surface area contributed by atoms with E-state index in [1.807, 2.05) is 13.0 Å². The molecule has 0 bridgehead atoms. The number of rotatable bonds is 6. The van der Waals surface area contributed by atoms with Crippen LogP contribution >= 0.6 is 0 Å². The van der Waals surface area contributed by atoms with E-state index in [9.17, 15) is 12.8 Å². The Labute approximate surface area is 130 Å². The van der Waals surface area contributed by atoms with Crippen LogP contribution in [-0.4, -0.2) is 39.0 Å². The van der Waals surface area contributed by atoms with Gasteiger partial charge in [-0.1, -0.05) is 0 Å². The van der Waals surface area contributed by atoms with E-state index in [-0.39, 0.29) is 17.0 Å². The minimum absolute atomic E-state index is 0.0345. The Kier molecular flexibility index (Phi) is 5.51. The first-order valence-electron chi connectivity index (χ1n) is 7.20. The molecule has 2 rings (SSSR count). The van der Waals surface area contributed by atoms with E-state index in [1.165, 1.54) is 16.4 Å². The number of ether oxygens (including phenoxy) is 1. The molecule has 0 amide bonds. The molecule has 0 aromatic heterocycles. The van der Waals surface area contributed by atoms with Gasteiger partial charge in [0, 0.05) is 25.3 Å². The van der Waals surface area contributed by atoms with Crippen molar-refractivity contribution >= 4 is 10.0 Å². The van der Waals surface area contributed by atoms with Crippen LogP contribution in [-0.2, 0) is 20.5 Å². The average Bonchev–Trinajstić information content (AvgIpc) is 2.97. The van der Waals surface area contributed by atoms with E-state index in [4.69, 9.17) is 10.00 Å². The van der Waals surface area contributed by atoms with Gasteiger partial charge in [-0.3, -0.25) is 0 Å². The van der Waals surface area contributed by atoms with Crippen LogP contribution in [0, 0.1) is 23.1 Å². The Balaban J connectivity index is 2.08. The molecule has 0 saturated carbocycles. The molecular formula is C15H19FN2O3S. The summed E-state index contributed by atoms with van der Waals surface area (Å²) >= 11 is 0. The van der Waals surface area contributed by atoms with Crippen molar-refractivity contribution in [2.45, 2.75) is 19.1 Å². The molecule has 1 aromatic carbocycles. The number of hydrogen-bond donors (Lipinski definition) is 0. The standard InChI is InChI=1S/C15H19FN2O3S/c1-2-21-10-13-5-6-18(9-13)22(19,20)11-14-7-12(8-17)3-4-15(14)16/h3-4,7,13H,2,5-6,9-11H2,1H3. The molecule has 1 saturated heterocycles. The molecule has 5 nitrogen and oxygen atoms in total. The highest BCUT2D eigenvalue weighted by Crippen LogP contribution is 2.23. The van der Waals surface area contributed by atoms with Crippen LogP contribution in [0.25, 0.3) is 0 Å². The zero-order chi connectivity index (χ0) is 16.2. The second kappa shape index (κ2) is 7.18. The lowest BCUT2D eigenvalue weighted by atomic mass is 10.1. The molecule has 1 aliphatic rings. The van der Waals surface area contributed by atoms with Crippen LogP contribution in [0.4, 0.5) is 4.39 Å². The first-order valence-corrected chi connectivity index (χ1v) is 8.81. The van der Waals surface area contributed by atoms with Gasteiger partial charge in [0.15, 0.2) is 0 Å². The number of sulfonamides is 1. The van der Waals surface area contributed by atoms with Gasteiger partial charge in [-0.2, -0.15) is 5.26 Å².